The Kier molecular flexibility index (Phi) is 6.51. The number of nitrogens with one attached hydrogen (secondary N) is 1. The first-order chi connectivity index (χ1) is 18.6. The molecule has 40 heavy (non-hydrogen) atoms. The quantitative estimate of drug-likeness (QED) is 0.263. The van der Waals surface area contributed by atoms with Gasteiger partial charge >= 0.3 is 0 Å². The summed E-state index contributed by atoms with van der Waals surface area (Å²) in [7, 11) is 0. The zero-order chi connectivity index (χ0) is 29.1. The number of imidazole rings is 1. The number of hydrogen-bond donors (Lipinski definition) is 4. The van der Waals surface area contributed by atoms with Crippen LogP contribution in [0.15, 0.2) is 24.5 Å². The monoisotopic (exact) mass is 546 g/mol. The highest BCUT2D eigenvalue weighted by Gasteiger charge is 2.42. The van der Waals surface area contributed by atoms with E-state index in [-0.39, 0.29) is 47.7 Å². The summed E-state index contributed by atoms with van der Waals surface area (Å²) >= 11 is 0. The largest absolute Gasteiger partial charge is 0.389 e. The van der Waals surface area contributed by atoms with E-state index >= 15 is 4.39 Å². The maximum absolute atomic E-state index is 15.3. The molecule has 2 aromatic heterocycles. The van der Waals surface area contributed by atoms with E-state index in [2.05, 4.69) is 21.9 Å². The smallest absolute Gasteiger partial charge is 0.269 e. The van der Waals surface area contributed by atoms with Gasteiger partial charge in [-0.15, -0.1) is 0 Å². The average molecular weight is 547 g/mol. The van der Waals surface area contributed by atoms with Gasteiger partial charge in [0, 0.05) is 29.8 Å². The van der Waals surface area contributed by atoms with Gasteiger partial charge in [0.1, 0.15) is 17.4 Å². The molecule has 0 saturated heterocycles. The molecule has 0 radical (unpaired) electrons. The molecule has 2 aliphatic heterocycles. The van der Waals surface area contributed by atoms with Crippen LogP contribution in [0.4, 0.5) is 4.39 Å². The van der Waals surface area contributed by atoms with Gasteiger partial charge in [0.25, 0.3) is 5.91 Å². The maximum atomic E-state index is 15.3. The molecule has 1 amide bonds. The van der Waals surface area contributed by atoms with Crippen LogP contribution in [0.1, 0.15) is 80.5 Å². The van der Waals surface area contributed by atoms with Crippen molar-refractivity contribution in [1.29, 1.82) is 5.41 Å². The van der Waals surface area contributed by atoms with Crippen molar-refractivity contribution in [2.45, 2.75) is 76.7 Å². The average Bonchev–Trinajstić information content (AvgIpc) is 3.35. The number of hydrogen-bond acceptors (Lipinski definition) is 7. The number of carbonyl (C=O) groups is 2. The summed E-state index contributed by atoms with van der Waals surface area (Å²) in [5, 5.41) is 33.2. The zero-order valence-corrected chi connectivity index (χ0v) is 22.7. The molecule has 3 aromatic rings. The van der Waals surface area contributed by atoms with Crippen molar-refractivity contribution < 1.29 is 24.2 Å². The lowest BCUT2D eigenvalue weighted by Crippen LogP contribution is -2.34. The number of halogens is 1. The molecule has 2 bridgehead atoms. The Hall–Kier alpha value is -4.14. The number of nitrogens with zero attached hydrogens (tertiary/aromatic N) is 4. The third kappa shape index (κ3) is 4.96. The molecular formula is C29H31FN6O4. The lowest BCUT2D eigenvalue weighted by Gasteiger charge is -2.35. The minimum Gasteiger partial charge on any atom is -0.389 e. The highest BCUT2D eigenvalue weighted by Crippen LogP contribution is 2.54. The van der Waals surface area contributed by atoms with E-state index in [0.29, 0.717) is 22.6 Å². The fourth-order valence-corrected chi connectivity index (χ4v) is 5.35. The third-order valence-electron chi connectivity index (χ3n) is 7.35. The Balaban J connectivity index is 1.64. The molecule has 208 valence electrons. The maximum Gasteiger partial charge on any atom is 0.269 e. The number of rotatable bonds is 7. The van der Waals surface area contributed by atoms with E-state index in [1.807, 2.05) is 4.57 Å². The van der Waals surface area contributed by atoms with E-state index in [1.54, 1.807) is 37.0 Å². The van der Waals surface area contributed by atoms with Gasteiger partial charge in [0.2, 0.25) is 0 Å². The summed E-state index contributed by atoms with van der Waals surface area (Å²) in [6.45, 7) is 6.18. The van der Waals surface area contributed by atoms with E-state index in [0.717, 1.165) is 18.4 Å². The predicted molar refractivity (Wildman–Crippen MR) is 145 cm³/mol. The number of nitrogens with two attached hydrogens (primary N) is 1. The first-order valence-electron chi connectivity index (χ1n) is 13.0. The predicted octanol–water partition coefficient (Wildman–Crippen LogP) is 2.96. The molecular weight excluding hydrogens is 515 g/mol. The number of aromatic nitrogens is 4. The van der Waals surface area contributed by atoms with Gasteiger partial charge in [-0.05, 0) is 64.2 Å². The lowest BCUT2D eigenvalue weighted by molar-refractivity contribution is -0.116. The van der Waals surface area contributed by atoms with Crippen molar-refractivity contribution in [3.8, 4) is 34.5 Å². The third-order valence-corrected chi connectivity index (χ3v) is 7.35. The van der Waals surface area contributed by atoms with Crippen LogP contribution in [-0.4, -0.2) is 58.1 Å². The molecule has 1 atom stereocenters. The summed E-state index contributed by atoms with van der Waals surface area (Å²) < 4.78 is 18.8. The summed E-state index contributed by atoms with van der Waals surface area (Å²) in [5.74, 6) is 4.13. The second-order valence-electron chi connectivity index (χ2n) is 11.5. The molecule has 5 N–H and O–H groups in total. The van der Waals surface area contributed by atoms with Crippen LogP contribution in [0.5, 0.6) is 0 Å². The van der Waals surface area contributed by atoms with Gasteiger partial charge in [-0.3, -0.25) is 14.3 Å². The van der Waals surface area contributed by atoms with Crippen LogP contribution in [-0.2, 0) is 11.3 Å². The molecule has 4 heterocycles. The normalized spacial score (nSPS) is 18.8. The number of Topliss-reactive ketones (excluding diaryl/α,β-unsaturated/α-hetero) is 1. The lowest BCUT2D eigenvalue weighted by atomic mass is 9.75. The highest BCUT2D eigenvalue weighted by atomic mass is 19.1. The van der Waals surface area contributed by atoms with Crippen molar-refractivity contribution in [2.75, 3.05) is 0 Å². The fourth-order valence-electron chi connectivity index (χ4n) is 5.35. The fraction of sp³-hybridized carbons (Fsp3) is 0.414. The zero-order valence-electron chi connectivity index (χ0n) is 22.7. The van der Waals surface area contributed by atoms with Gasteiger partial charge in [-0.2, -0.15) is 5.10 Å². The Morgan fingerprint density at radius 3 is 2.58 bits per heavy atom. The topological polar surface area (TPSA) is 160 Å². The minimum absolute atomic E-state index is 0.00557. The van der Waals surface area contributed by atoms with Gasteiger partial charge in [0.05, 0.1) is 35.3 Å². The number of primary amides is 1. The van der Waals surface area contributed by atoms with Gasteiger partial charge in [-0.25, -0.2) is 9.37 Å². The minimum atomic E-state index is -1.92. The highest BCUT2D eigenvalue weighted by molar-refractivity contribution is 6.05. The first kappa shape index (κ1) is 27.4. The number of amides is 1. The summed E-state index contributed by atoms with van der Waals surface area (Å²) in [6.07, 6.45) is 4.52. The van der Waals surface area contributed by atoms with E-state index in [9.17, 15) is 19.8 Å². The summed E-state index contributed by atoms with van der Waals surface area (Å²) in [4.78, 5) is 28.6. The van der Waals surface area contributed by atoms with Crippen LogP contribution in [0, 0.1) is 23.1 Å². The van der Waals surface area contributed by atoms with Gasteiger partial charge in [-0.1, -0.05) is 11.8 Å². The molecule has 1 unspecified atom stereocenters. The molecule has 11 heteroatoms. The molecule has 1 aliphatic carbocycles. The van der Waals surface area contributed by atoms with E-state index in [1.165, 1.54) is 19.9 Å². The molecule has 1 saturated carbocycles. The van der Waals surface area contributed by atoms with Gasteiger partial charge in [0.15, 0.2) is 11.3 Å². The molecule has 0 spiro atoms. The second-order valence-corrected chi connectivity index (χ2v) is 11.5. The van der Waals surface area contributed by atoms with Crippen molar-refractivity contribution in [2.24, 2.45) is 5.73 Å². The van der Waals surface area contributed by atoms with Crippen LogP contribution < -0.4 is 5.73 Å². The molecule has 6 rings (SSSR count). The Labute approximate surface area is 230 Å². The first-order valence-corrected chi connectivity index (χ1v) is 13.0. The molecule has 3 aliphatic rings. The van der Waals surface area contributed by atoms with Crippen molar-refractivity contribution in [3.05, 3.63) is 47.2 Å². The Bertz CT molecular complexity index is 1630. The van der Waals surface area contributed by atoms with Crippen molar-refractivity contribution in [1.82, 2.24) is 19.3 Å². The van der Waals surface area contributed by atoms with Crippen LogP contribution >= 0.6 is 0 Å². The van der Waals surface area contributed by atoms with Crippen LogP contribution in [0.25, 0.3) is 22.6 Å². The van der Waals surface area contributed by atoms with Crippen molar-refractivity contribution in [3.63, 3.8) is 0 Å². The molecule has 1 aromatic carbocycles. The molecule has 1 fully saturated rings. The van der Waals surface area contributed by atoms with Crippen LogP contribution in [0.3, 0.4) is 0 Å². The Morgan fingerprint density at radius 2 is 1.95 bits per heavy atom. The standard InChI is InChI=1S/C29H31FN6O4/c1-15(37)7-23(31)29(4,40)6-5-16-10-21-20(11-22(16)30)17-8-19(9-17)36-25(24(26(32)38)34-27(21)36)18-12-33-35(13-18)14-28(2,3)39/h10-13,17,19,31,39-40H,7-9,14H2,1-4H3,(H2,32,38). The number of benzene rings is 1. The van der Waals surface area contributed by atoms with E-state index in [4.69, 9.17) is 11.1 Å². The number of aliphatic hydroxyl groups is 2. The van der Waals surface area contributed by atoms with E-state index < -0.39 is 22.9 Å². The van der Waals surface area contributed by atoms with Crippen LogP contribution in [0.2, 0.25) is 0 Å². The summed E-state index contributed by atoms with van der Waals surface area (Å²) in [6, 6.07) is 2.98. The SMILES string of the molecule is CC(=O)CC(=N)C(C)(O)C#Cc1cc2c(cc1F)C1CC(C1)n1c-2nc(C(N)=O)c1-c1cnn(CC(C)(C)O)c1. The Morgan fingerprint density at radius 1 is 1.25 bits per heavy atom. The number of ketones is 1. The molecule has 10 nitrogen and oxygen atoms in total. The second kappa shape index (κ2) is 9.50. The summed E-state index contributed by atoms with van der Waals surface area (Å²) in [5.41, 5.74) is 5.11. The number of carbonyl (C=O) groups excluding carboxylic acids is 2. The van der Waals surface area contributed by atoms with Crippen molar-refractivity contribution >= 4 is 17.4 Å². The van der Waals surface area contributed by atoms with Gasteiger partial charge < -0.3 is 25.9 Å².